The van der Waals surface area contributed by atoms with E-state index in [2.05, 4.69) is 10.1 Å². The van der Waals surface area contributed by atoms with Crippen LogP contribution >= 0.6 is 0 Å². The molecule has 0 aliphatic rings. The Morgan fingerprint density at radius 3 is 2.36 bits per heavy atom. The van der Waals surface area contributed by atoms with Gasteiger partial charge in [-0.15, -0.1) is 0 Å². The number of nitrogens with one attached hydrogen (secondary N) is 1. The zero-order chi connectivity index (χ0) is 11.0. The molecule has 0 aliphatic carbocycles. The summed E-state index contributed by atoms with van der Waals surface area (Å²) in [6, 6.07) is 0.0253. The molecule has 0 heterocycles. The summed E-state index contributed by atoms with van der Waals surface area (Å²) < 4.78 is 39.7. The van der Waals surface area contributed by atoms with Gasteiger partial charge < -0.3 is 10.1 Å². The largest absolute Gasteiger partial charge is 0.411 e. The van der Waals surface area contributed by atoms with Gasteiger partial charge in [-0.05, 0) is 19.4 Å². The van der Waals surface area contributed by atoms with E-state index in [9.17, 15) is 13.2 Å². The highest BCUT2D eigenvalue weighted by Gasteiger charge is 2.27. The molecule has 0 aromatic heterocycles. The van der Waals surface area contributed by atoms with Crippen LogP contribution in [0.4, 0.5) is 13.2 Å². The fourth-order valence-electron chi connectivity index (χ4n) is 0.986. The van der Waals surface area contributed by atoms with E-state index in [1.54, 1.807) is 0 Å². The van der Waals surface area contributed by atoms with Crippen LogP contribution in [0, 0.1) is 0 Å². The van der Waals surface area contributed by atoms with Crippen LogP contribution in [0.3, 0.4) is 0 Å². The van der Waals surface area contributed by atoms with E-state index in [1.807, 2.05) is 13.8 Å². The average molecular weight is 213 g/mol. The first-order valence-electron chi connectivity index (χ1n) is 4.87. The Morgan fingerprint density at radius 1 is 1.29 bits per heavy atom. The number of alkyl halides is 3. The highest BCUT2D eigenvalue weighted by atomic mass is 19.4. The van der Waals surface area contributed by atoms with E-state index in [0.29, 0.717) is 0 Å². The van der Waals surface area contributed by atoms with E-state index in [1.165, 1.54) is 0 Å². The number of hydrogen-bond acceptors (Lipinski definition) is 2. The van der Waals surface area contributed by atoms with Gasteiger partial charge in [0.1, 0.15) is 6.61 Å². The van der Waals surface area contributed by atoms with Gasteiger partial charge in [0.2, 0.25) is 0 Å². The van der Waals surface area contributed by atoms with Crippen LogP contribution in [-0.4, -0.2) is 32.0 Å². The van der Waals surface area contributed by atoms with Crippen LogP contribution in [0.25, 0.3) is 0 Å². The van der Waals surface area contributed by atoms with Crippen LogP contribution in [0.15, 0.2) is 0 Å². The molecule has 0 aromatic rings. The van der Waals surface area contributed by atoms with Gasteiger partial charge in [-0.1, -0.05) is 13.8 Å². The van der Waals surface area contributed by atoms with Gasteiger partial charge in [-0.3, -0.25) is 0 Å². The Bertz CT molecular complexity index is 139. The molecule has 0 radical (unpaired) electrons. The van der Waals surface area contributed by atoms with Gasteiger partial charge >= 0.3 is 6.18 Å². The Hall–Kier alpha value is -0.290. The van der Waals surface area contributed by atoms with Crippen molar-refractivity contribution >= 4 is 0 Å². The third-order valence-corrected chi connectivity index (χ3v) is 1.76. The molecule has 1 unspecified atom stereocenters. The molecule has 2 nitrogen and oxygen atoms in total. The summed E-state index contributed by atoms with van der Waals surface area (Å²) in [5.41, 5.74) is 0. The number of hydrogen-bond donors (Lipinski definition) is 1. The molecule has 0 saturated carbocycles. The van der Waals surface area contributed by atoms with Gasteiger partial charge in [-0.25, -0.2) is 0 Å². The summed E-state index contributed by atoms with van der Waals surface area (Å²) in [6.45, 7) is 3.71. The Balaban J connectivity index is 3.52. The number of ether oxygens (including phenoxy) is 1. The van der Waals surface area contributed by atoms with Crippen molar-refractivity contribution in [3.8, 4) is 0 Å². The highest BCUT2D eigenvalue weighted by molar-refractivity contribution is 4.63. The van der Waals surface area contributed by atoms with Crippen LogP contribution in [0.2, 0.25) is 0 Å². The molecule has 0 amide bonds. The predicted molar refractivity (Wildman–Crippen MR) is 49.2 cm³/mol. The second-order valence-electron chi connectivity index (χ2n) is 3.19. The summed E-state index contributed by atoms with van der Waals surface area (Å²) in [5, 5.41) is 3.11. The molecule has 0 spiro atoms. The molecular formula is C9H18F3NO. The summed E-state index contributed by atoms with van der Waals surface area (Å²) in [7, 11) is 0. The lowest BCUT2D eigenvalue weighted by atomic mass is 10.2. The smallest absolute Gasteiger partial charge is 0.370 e. The topological polar surface area (TPSA) is 21.3 Å². The van der Waals surface area contributed by atoms with Crippen molar-refractivity contribution in [2.24, 2.45) is 0 Å². The molecule has 1 N–H and O–H groups in total. The first-order valence-corrected chi connectivity index (χ1v) is 4.87. The van der Waals surface area contributed by atoms with Gasteiger partial charge in [0, 0.05) is 6.04 Å². The monoisotopic (exact) mass is 213 g/mol. The van der Waals surface area contributed by atoms with Crippen molar-refractivity contribution in [1.29, 1.82) is 0 Å². The highest BCUT2D eigenvalue weighted by Crippen LogP contribution is 2.14. The van der Waals surface area contributed by atoms with E-state index in [0.717, 1.165) is 19.4 Å². The lowest BCUT2D eigenvalue weighted by Gasteiger charge is -2.17. The number of halogens is 3. The van der Waals surface area contributed by atoms with Gasteiger partial charge in [0.25, 0.3) is 0 Å². The van der Waals surface area contributed by atoms with Crippen molar-refractivity contribution in [3.05, 3.63) is 0 Å². The van der Waals surface area contributed by atoms with Crippen LogP contribution in [0.1, 0.15) is 26.7 Å². The van der Waals surface area contributed by atoms with Crippen molar-refractivity contribution in [1.82, 2.24) is 5.32 Å². The van der Waals surface area contributed by atoms with Crippen LogP contribution < -0.4 is 5.32 Å². The first-order chi connectivity index (χ1) is 6.49. The summed E-state index contributed by atoms with van der Waals surface area (Å²) in [5.74, 6) is 0. The molecular weight excluding hydrogens is 195 g/mol. The standard InChI is InChI=1S/C9H18F3NO/c1-3-5-13-8(4-2)6-14-7-9(10,11)12/h8,13H,3-7H2,1-2H3. The van der Waals surface area contributed by atoms with Crippen molar-refractivity contribution in [2.75, 3.05) is 19.8 Å². The Labute approximate surface area is 82.8 Å². The molecule has 5 heteroatoms. The third kappa shape index (κ3) is 8.31. The fraction of sp³-hybridized carbons (Fsp3) is 1.00. The third-order valence-electron chi connectivity index (χ3n) is 1.76. The van der Waals surface area contributed by atoms with E-state index < -0.39 is 12.8 Å². The zero-order valence-corrected chi connectivity index (χ0v) is 8.66. The quantitative estimate of drug-likeness (QED) is 0.701. The molecule has 0 fully saturated rings. The van der Waals surface area contributed by atoms with Crippen molar-refractivity contribution in [3.63, 3.8) is 0 Å². The lowest BCUT2D eigenvalue weighted by Crippen LogP contribution is -2.34. The molecule has 0 saturated heterocycles. The molecule has 0 bridgehead atoms. The minimum absolute atomic E-state index is 0.0253. The maximum atomic E-state index is 11.7. The Kier molecular flexibility index (Phi) is 6.92. The van der Waals surface area contributed by atoms with Gasteiger partial charge in [0.05, 0.1) is 6.61 Å². The average Bonchev–Trinajstić information content (AvgIpc) is 2.09. The van der Waals surface area contributed by atoms with Crippen molar-refractivity contribution in [2.45, 2.75) is 38.9 Å². The second kappa shape index (κ2) is 7.06. The normalized spacial score (nSPS) is 14.4. The predicted octanol–water partition coefficient (Wildman–Crippen LogP) is 2.34. The van der Waals surface area contributed by atoms with Gasteiger partial charge in [-0.2, -0.15) is 13.2 Å². The molecule has 0 rings (SSSR count). The lowest BCUT2D eigenvalue weighted by molar-refractivity contribution is -0.175. The molecule has 1 atom stereocenters. The second-order valence-corrected chi connectivity index (χ2v) is 3.19. The molecule has 0 aliphatic heterocycles. The van der Waals surface area contributed by atoms with Gasteiger partial charge in [0.15, 0.2) is 0 Å². The minimum Gasteiger partial charge on any atom is -0.370 e. The van der Waals surface area contributed by atoms with E-state index in [4.69, 9.17) is 0 Å². The maximum absolute atomic E-state index is 11.7. The zero-order valence-electron chi connectivity index (χ0n) is 8.66. The SMILES string of the molecule is CCCNC(CC)COCC(F)(F)F. The molecule has 86 valence electrons. The number of rotatable bonds is 7. The maximum Gasteiger partial charge on any atom is 0.411 e. The summed E-state index contributed by atoms with van der Waals surface area (Å²) >= 11 is 0. The fourth-order valence-corrected chi connectivity index (χ4v) is 0.986. The molecule has 14 heavy (non-hydrogen) atoms. The minimum atomic E-state index is -4.22. The first kappa shape index (κ1) is 13.7. The van der Waals surface area contributed by atoms with E-state index >= 15 is 0 Å². The molecule has 0 aromatic carbocycles. The van der Waals surface area contributed by atoms with E-state index in [-0.39, 0.29) is 12.6 Å². The van der Waals surface area contributed by atoms with Crippen LogP contribution in [0.5, 0.6) is 0 Å². The summed E-state index contributed by atoms with van der Waals surface area (Å²) in [4.78, 5) is 0. The van der Waals surface area contributed by atoms with Crippen molar-refractivity contribution < 1.29 is 17.9 Å². The summed E-state index contributed by atoms with van der Waals surface area (Å²) in [6.07, 6.45) is -2.48. The van der Waals surface area contributed by atoms with Crippen LogP contribution in [-0.2, 0) is 4.74 Å². The Morgan fingerprint density at radius 2 is 1.93 bits per heavy atom.